The first kappa shape index (κ1) is 18.4. The van der Waals surface area contributed by atoms with Gasteiger partial charge in [-0.2, -0.15) is 5.23 Å². The van der Waals surface area contributed by atoms with Crippen LogP contribution in [0.5, 0.6) is 5.75 Å². The van der Waals surface area contributed by atoms with Gasteiger partial charge in [-0.05, 0) is 35.6 Å². The molecule has 4 heterocycles. The van der Waals surface area contributed by atoms with E-state index in [1.165, 1.54) is 11.6 Å². The molecule has 3 atom stereocenters. The van der Waals surface area contributed by atoms with Crippen LogP contribution in [-0.4, -0.2) is 40.3 Å². The zero-order valence-corrected chi connectivity index (χ0v) is 16.0. The van der Waals surface area contributed by atoms with Gasteiger partial charge in [-0.3, -0.25) is 9.59 Å². The summed E-state index contributed by atoms with van der Waals surface area (Å²) >= 11 is 0. The lowest BCUT2D eigenvalue weighted by Gasteiger charge is -2.43. The summed E-state index contributed by atoms with van der Waals surface area (Å²) < 4.78 is 7.20. The van der Waals surface area contributed by atoms with E-state index >= 15 is 0 Å². The van der Waals surface area contributed by atoms with Crippen LogP contribution in [0.3, 0.4) is 0 Å². The van der Waals surface area contributed by atoms with Crippen LogP contribution in [0.2, 0.25) is 0 Å². The molecule has 3 unspecified atom stereocenters. The predicted octanol–water partition coefficient (Wildman–Crippen LogP) is 0.375. The molecule has 0 aliphatic carbocycles. The van der Waals surface area contributed by atoms with Crippen molar-refractivity contribution in [2.24, 2.45) is 5.92 Å². The highest BCUT2D eigenvalue weighted by Crippen LogP contribution is 2.35. The minimum atomic E-state index is -1.20. The summed E-state index contributed by atoms with van der Waals surface area (Å²) in [6.45, 7) is 2.31. The lowest BCUT2D eigenvalue weighted by atomic mass is 9.83. The molecular formula is C21H23N3O5. The topological polar surface area (TPSA) is 99.3 Å². The second-order valence-corrected chi connectivity index (χ2v) is 8.21. The number of nitrogens with one attached hydrogen (secondary N) is 1. The number of quaternary nitrogens is 1. The summed E-state index contributed by atoms with van der Waals surface area (Å²) in [6.07, 6.45) is 2.17. The summed E-state index contributed by atoms with van der Waals surface area (Å²) in [7, 11) is 0. The number of aromatic nitrogens is 1. The molecule has 2 N–H and O–H groups in total. The Morgan fingerprint density at radius 3 is 2.93 bits per heavy atom. The average molecular weight is 397 g/mol. The second-order valence-electron chi connectivity index (χ2n) is 8.21. The molecule has 2 bridgehead atoms. The van der Waals surface area contributed by atoms with Gasteiger partial charge in [0.25, 0.3) is 0 Å². The van der Waals surface area contributed by atoms with Crippen LogP contribution in [0.25, 0.3) is 0 Å². The van der Waals surface area contributed by atoms with Crippen LogP contribution < -0.4 is 15.5 Å². The fourth-order valence-electron chi connectivity index (χ4n) is 4.92. The van der Waals surface area contributed by atoms with Crippen molar-refractivity contribution in [2.75, 3.05) is 19.7 Å². The molecule has 0 saturated carbocycles. The van der Waals surface area contributed by atoms with E-state index < -0.39 is 10.8 Å². The van der Waals surface area contributed by atoms with Gasteiger partial charge in [-0.25, -0.2) is 5.21 Å². The van der Waals surface area contributed by atoms with E-state index in [4.69, 9.17) is 4.74 Å². The molecule has 2 aromatic rings. The van der Waals surface area contributed by atoms with Crippen LogP contribution in [0.15, 0.2) is 35.1 Å². The normalized spacial score (nSPS) is 23.2. The lowest BCUT2D eigenvalue weighted by molar-refractivity contribution is -0.992. The number of carbonyl (C=O) groups is 1. The number of hydrogen-bond acceptors (Lipinski definition) is 5. The monoisotopic (exact) mass is 397 g/mol. The standard InChI is InChI=1S/C21H23N3O5/c25-20(9-13-1-2-15-5-6-29-19(15)8-13)22-10-14-7-16(12-22)17-3-4-18(24(27)28)21(26)23(17)11-14/h1-4,8,14,16,24,27H,5-7,9-12H2. The third-order valence-electron chi connectivity index (χ3n) is 6.30. The maximum Gasteiger partial charge on any atom is 0.315 e. The van der Waals surface area contributed by atoms with Crippen molar-refractivity contribution in [1.82, 2.24) is 9.47 Å². The third-order valence-corrected chi connectivity index (χ3v) is 6.30. The van der Waals surface area contributed by atoms with Crippen molar-refractivity contribution in [2.45, 2.75) is 31.7 Å². The fourth-order valence-corrected chi connectivity index (χ4v) is 4.92. The van der Waals surface area contributed by atoms with Crippen LogP contribution in [0.1, 0.15) is 29.2 Å². The van der Waals surface area contributed by atoms with Gasteiger partial charge in [0.2, 0.25) is 11.6 Å². The van der Waals surface area contributed by atoms with Crippen molar-refractivity contribution in [3.05, 3.63) is 62.7 Å². The minimum absolute atomic E-state index is 0.0605. The lowest BCUT2D eigenvalue weighted by Crippen LogP contribution is -3.00. The second kappa shape index (κ2) is 6.98. The molecule has 29 heavy (non-hydrogen) atoms. The average Bonchev–Trinajstić information content (AvgIpc) is 3.16. The summed E-state index contributed by atoms with van der Waals surface area (Å²) in [5, 5.41) is 19.3. The number of amides is 1. The number of carbonyl (C=O) groups excluding carboxylic acids is 1. The molecule has 152 valence electrons. The van der Waals surface area contributed by atoms with Gasteiger partial charge >= 0.3 is 5.56 Å². The molecule has 5 rings (SSSR count). The van der Waals surface area contributed by atoms with E-state index in [2.05, 4.69) is 0 Å². The SMILES string of the molecule is O=C(Cc1ccc2c(c1)OCC2)N1CC2CC(C1)c1ccc([NH+]([O-])O)c(=O)n1C2. The molecule has 1 amide bonds. The van der Waals surface area contributed by atoms with Crippen molar-refractivity contribution < 1.29 is 20.0 Å². The van der Waals surface area contributed by atoms with Crippen molar-refractivity contribution >= 4 is 11.6 Å². The zero-order valence-electron chi connectivity index (χ0n) is 16.0. The highest BCUT2D eigenvalue weighted by Gasteiger charge is 2.37. The predicted molar refractivity (Wildman–Crippen MR) is 103 cm³/mol. The van der Waals surface area contributed by atoms with E-state index in [9.17, 15) is 20.0 Å². The number of hydrogen-bond donors (Lipinski definition) is 2. The molecule has 1 fully saturated rings. The molecule has 8 nitrogen and oxygen atoms in total. The quantitative estimate of drug-likeness (QED) is 0.730. The number of pyridine rings is 1. The van der Waals surface area contributed by atoms with Crippen LogP contribution in [0, 0.1) is 11.1 Å². The smallest absolute Gasteiger partial charge is 0.315 e. The Morgan fingerprint density at radius 2 is 2.10 bits per heavy atom. The molecule has 0 spiro atoms. The summed E-state index contributed by atoms with van der Waals surface area (Å²) in [4.78, 5) is 27.4. The largest absolute Gasteiger partial charge is 0.595 e. The molecule has 1 saturated heterocycles. The number of rotatable bonds is 3. The Kier molecular flexibility index (Phi) is 4.42. The number of benzene rings is 1. The molecule has 3 aliphatic rings. The summed E-state index contributed by atoms with van der Waals surface area (Å²) in [6, 6.07) is 9.13. The number of ether oxygens (including phenoxy) is 1. The Hall–Kier alpha value is -2.68. The number of piperidine rings is 1. The van der Waals surface area contributed by atoms with Gasteiger partial charge < -0.3 is 19.4 Å². The third kappa shape index (κ3) is 3.23. The van der Waals surface area contributed by atoms with Crippen LogP contribution in [-0.2, 0) is 24.2 Å². The number of likely N-dealkylation sites (tertiary alicyclic amines) is 1. The Morgan fingerprint density at radius 1 is 1.24 bits per heavy atom. The molecule has 1 aromatic carbocycles. The van der Waals surface area contributed by atoms with Gasteiger partial charge in [0.15, 0.2) is 0 Å². The number of nitrogens with zero attached hydrogens (tertiary/aromatic N) is 2. The fraction of sp³-hybridized carbons (Fsp3) is 0.429. The van der Waals surface area contributed by atoms with Gasteiger partial charge in [-0.15, -0.1) is 0 Å². The summed E-state index contributed by atoms with van der Waals surface area (Å²) in [5.74, 6) is 1.18. The summed E-state index contributed by atoms with van der Waals surface area (Å²) in [5.41, 5.74) is 2.34. The molecular weight excluding hydrogens is 374 g/mol. The van der Waals surface area contributed by atoms with Crippen molar-refractivity contribution in [1.29, 1.82) is 0 Å². The van der Waals surface area contributed by atoms with Crippen molar-refractivity contribution in [3.8, 4) is 5.75 Å². The van der Waals surface area contributed by atoms with Gasteiger partial charge in [0.05, 0.1) is 13.0 Å². The first-order chi connectivity index (χ1) is 14.0. The Bertz CT molecular complexity index is 1030. The Labute approximate surface area is 167 Å². The van der Waals surface area contributed by atoms with E-state index in [1.54, 1.807) is 10.6 Å². The highest BCUT2D eigenvalue weighted by molar-refractivity contribution is 5.79. The first-order valence-corrected chi connectivity index (χ1v) is 9.99. The van der Waals surface area contributed by atoms with Crippen LogP contribution in [0.4, 0.5) is 5.69 Å². The number of fused-ring (bicyclic) bond motifs is 5. The van der Waals surface area contributed by atoms with E-state index in [-0.39, 0.29) is 23.4 Å². The Balaban J connectivity index is 1.35. The van der Waals surface area contributed by atoms with E-state index in [0.717, 1.165) is 29.8 Å². The van der Waals surface area contributed by atoms with Crippen molar-refractivity contribution in [3.63, 3.8) is 0 Å². The molecule has 0 radical (unpaired) electrons. The maximum atomic E-state index is 13.0. The van der Waals surface area contributed by atoms with Gasteiger partial charge in [0.1, 0.15) is 5.75 Å². The van der Waals surface area contributed by atoms with Gasteiger partial charge in [-0.1, -0.05) is 12.1 Å². The highest BCUT2D eigenvalue weighted by atomic mass is 16.8. The van der Waals surface area contributed by atoms with Crippen LogP contribution >= 0.6 is 0 Å². The first-order valence-electron chi connectivity index (χ1n) is 9.99. The zero-order chi connectivity index (χ0) is 20.1. The van der Waals surface area contributed by atoms with Gasteiger partial charge in [0, 0.05) is 43.7 Å². The van der Waals surface area contributed by atoms with E-state index in [0.29, 0.717) is 32.7 Å². The molecule has 1 aromatic heterocycles. The van der Waals surface area contributed by atoms with E-state index in [1.807, 2.05) is 23.1 Å². The molecule has 8 heteroatoms. The minimum Gasteiger partial charge on any atom is -0.595 e. The maximum absolute atomic E-state index is 13.0. The molecule has 3 aliphatic heterocycles.